The third kappa shape index (κ3) is 2.97. The van der Waals surface area contributed by atoms with Crippen LogP contribution >= 0.6 is 0 Å². The molecule has 0 aliphatic heterocycles. The highest BCUT2D eigenvalue weighted by molar-refractivity contribution is 5.78. The zero-order chi connectivity index (χ0) is 18.1. The van der Waals surface area contributed by atoms with E-state index < -0.39 is 5.69 Å². The molecule has 26 heavy (non-hydrogen) atoms. The van der Waals surface area contributed by atoms with E-state index in [1.807, 2.05) is 34.9 Å². The smallest absolute Gasteiger partial charge is 0.350 e. The number of benzene rings is 2. The first kappa shape index (κ1) is 15.8. The number of fused-ring (bicyclic) bond motifs is 1. The van der Waals surface area contributed by atoms with Gasteiger partial charge in [-0.15, -0.1) is 0 Å². The number of nitrogens with one attached hydrogen (secondary N) is 2. The van der Waals surface area contributed by atoms with Crippen LogP contribution < -0.4 is 16.7 Å². The van der Waals surface area contributed by atoms with Crippen molar-refractivity contribution in [3.63, 3.8) is 0 Å². The number of nitrogen functional groups attached to an aromatic ring is 1. The molecule has 0 unspecified atom stereocenters. The lowest BCUT2D eigenvalue weighted by Gasteiger charge is -2.10. The van der Waals surface area contributed by atoms with E-state index in [4.69, 9.17) is 5.73 Å². The molecular weight excluding hydrogens is 337 g/mol. The van der Waals surface area contributed by atoms with Gasteiger partial charge in [-0.05, 0) is 24.3 Å². The summed E-state index contributed by atoms with van der Waals surface area (Å²) in [6.45, 7) is 0.216. The fourth-order valence-electron chi connectivity index (χ4n) is 2.72. The standard InChI is InChI=1S/C17H14FN7O/c18-10-6-7-12-13(8-10)25(11-4-2-1-3-5-11)14(21-12)9-20-16-22-15(19)23-17(26)24-16/h1-8H,9H2,(H4,19,20,22,23,24,26). The highest BCUT2D eigenvalue weighted by atomic mass is 19.1. The van der Waals surface area contributed by atoms with Gasteiger partial charge in [0.1, 0.15) is 11.6 Å². The quantitative estimate of drug-likeness (QED) is 0.517. The molecule has 0 bridgehead atoms. The van der Waals surface area contributed by atoms with Crippen LogP contribution in [0.1, 0.15) is 5.82 Å². The fraction of sp³-hybridized carbons (Fsp3) is 0.0588. The largest absolute Gasteiger partial charge is 0.369 e. The van der Waals surface area contributed by atoms with E-state index in [0.29, 0.717) is 16.9 Å². The summed E-state index contributed by atoms with van der Waals surface area (Å²) in [5.74, 6) is 0.314. The Morgan fingerprint density at radius 2 is 1.92 bits per heavy atom. The van der Waals surface area contributed by atoms with Gasteiger partial charge in [-0.1, -0.05) is 18.2 Å². The lowest BCUT2D eigenvalue weighted by atomic mass is 10.2. The molecule has 2 aromatic heterocycles. The van der Waals surface area contributed by atoms with E-state index in [-0.39, 0.29) is 24.3 Å². The topological polar surface area (TPSA) is 115 Å². The molecule has 0 aliphatic rings. The summed E-state index contributed by atoms with van der Waals surface area (Å²) in [5.41, 5.74) is 7.05. The summed E-state index contributed by atoms with van der Waals surface area (Å²) in [5, 5.41) is 2.93. The lowest BCUT2D eigenvalue weighted by Crippen LogP contribution is -2.18. The van der Waals surface area contributed by atoms with Crippen LogP contribution in [-0.4, -0.2) is 24.5 Å². The zero-order valence-electron chi connectivity index (χ0n) is 13.5. The maximum absolute atomic E-state index is 13.8. The molecule has 2 heterocycles. The Kier molecular flexibility index (Phi) is 3.81. The highest BCUT2D eigenvalue weighted by Gasteiger charge is 2.13. The number of anilines is 2. The van der Waals surface area contributed by atoms with E-state index in [2.05, 4.69) is 25.3 Å². The van der Waals surface area contributed by atoms with Crippen LogP contribution in [0.25, 0.3) is 16.7 Å². The summed E-state index contributed by atoms with van der Waals surface area (Å²) < 4.78 is 15.6. The Balaban J connectivity index is 1.78. The third-order valence-electron chi connectivity index (χ3n) is 3.77. The third-order valence-corrected chi connectivity index (χ3v) is 3.77. The van der Waals surface area contributed by atoms with E-state index >= 15 is 0 Å². The molecule has 9 heteroatoms. The van der Waals surface area contributed by atoms with Crippen molar-refractivity contribution in [3.05, 3.63) is 70.7 Å². The number of nitrogens with zero attached hydrogens (tertiary/aromatic N) is 4. The van der Waals surface area contributed by atoms with E-state index in [9.17, 15) is 9.18 Å². The number of rotatable bonds is 4. The number of nitrogens with two attached hydrogens (primary N) is 1. The van der Waals surface area contributed by atoms with Crippen LogP contribution in [0.2, 0.25) is 0 Å². The van der Waals surface area contributed by atoms with Crippen molar-refractivity contribution in [1.29, 1.82) is 0 Å². The monoisotopic (exact) mass is 351 g/mol. The van der Waals surface area contributed by atoms with Gasteiger partial charge in [-0.2, -0.15) is 9.97 Å². The first-order chi connectivity index (χ1) is 12.6. The van der Waals surface area contributed by atoms with E-state index in [1.54, 1.807) is 6.07 Å². The maximum atomic E-state index is 13.8. The Morgan fingerprint density at radius 1 is 1.12 bits per heavy atom. The maximum Gasteiger partial charge on any atom is 0.350 e. The van der Waals surface area contributed by atoms with Crippen LogP contribution in [-0.2, 0) is 6.54 Å². The molecule has 4 rings (SSSR count). The number of H-pyrrole nitrogens is 1. The van der Waals surface area contributed by atoms with E-state index in [0.717, 1.165) is 5.69 Å². The van der Waals surface area contributed by atoms with Gasteiger partial charge in [0, 0.05) is 11.8 Å². The Hall–Kier alpha value is -3.75. The van der Waals surface area contributed by atoms with Crippen molar-refractivity contribution in [1.82, 2.24) is 24.5 Å². The molecule has 2 aromatic carbocycles. The van der Waals surface area contributed by atoms with Crippen molar-refractivity contribution < 1.29 is 4.39 Å². The first-order valence-corrected chi connectivity index (χ1v) is 7.80. The molecule has 0 aliphatic carbocycles. The normalized spacial score (nSPS) is 11.0. The minimum absolute atomic E-state index is 0.0360. The number of aromatic nitrogens is 5. The average molecular weight is 351 g/mol. The molecule has 0 saturated heterocycles. The van der Waals surface area contributed by atoms with Gasteiger partial charge in [0.2, 0.25) is 11.9 Å². The average Bonchev–Trinajstić information content (AvgIpc) is 2.97. The molecule has 0 radical (unpaired) electrons. The molecule has 0 amide bonds. The van der Waals surface area contributed by atoms with Gasteiger partial charge < -0.3 is 11.1 Å². The van der Waals surface area contributed by atoms with Gasteiger partial charge in [-0.3, -0.25) is 9.55 Å². The molecule has 4 aromatic rings. The predicted octanol–water partition coefficient (Wildman–Crippen LogP) is 1.84. The van der Waals surface area contributed by atoms with Gasteiger partial charge in [0.25, 0.3) is 0 Å². The molecule has 0 fully saturated rings. The number of aromatic amines is 1. The second-order valence-electron chi connectivity index (χ2n) is 5.55. The molecule has 0 atom stereocenters. The van der Waals surface area contributed by atoms with Gasteiger partial charge in [0.15, 0.2) is 0 Å². The SMILES string of the molecule is Nc1nc(NCc2nc3ccc(F)cc3n2-c2ccccc2)nc(=O)[nH]1. The first-order valence-electron chi connectivity index (χ1n) is 7.80. The molecule has 130 valence electrons. The lowest BCUT2D eigenvalue weighted by molar-refractivity contribution is 0.629. The highest BCUT2D eigenvalue weighted by Crippen LogP contribution is 2.23. The van der Waals surface area contributed by atoms with Gasteiger partial charge in [0.05, 0.1) is 17.6 Å². The van der Waals surface area contributed by atoms with Crippen molar-refractivity contribution in [2.75, 3.05) is 11.1 Å². The van der Waals surface area contributed by atoms with Gasteiger partial charge >= 0.3 is 5.69 Å². The Bertz CT molecular complexity index is 1140. The number of hydrogen-bond acceptors (Lipinski definition) is 6. The summed E-state index contributed by atoms with van der Waals surface area (Å²) in [6, 6.07) is 13.9. The molecular formula is C17H14FN7O. The van der Waals surface area contributed by atoms with Crippen LogP contribution in [0.5, 0.6) is 0 Å². The summed E-state index contributed by atoms with van der Waals surface area (Å²) in [6.07, 6.45) is 0. The van der Waals surface area contributed by atoms with Crippen LogP contribution in [0.4, 0.5) is 16.3 Å². The summed E-state index contributed by atoms with van der Waals surface area (Å²) in [4.78, 5) is 25.9. The van der Waals surface area contributed by atoms with Crippen molar-refractivity contribution in [3.8, 4) is 5.69 Å². The predicted molar refractivity (Wildman–Crippen MR) is 95.4 cm³/mol. The van der Waals surface area contributed by atoms with Crippen LogP contribution in [0, 0.1) is 5.82 Å². The number of para-hydroxylation sites is 1. The summed E-state index contributed by atoms with van der Waals surface area (Å²) >= 11 is 0. The van der Waals surface area contributed by atoms with Crippen LogP contribution in [0.3, 0.4) is 0 Å². The number of hydrogen-bond donors (Lipinski definition) is 3. The van der Waals surface area contributed by atoms with Crippen molar-refractivity contribution >= 4 is 22.9 Å². The van der Waals surface area contributed by atoms with Crippen molar-refractivity contribution in [2.45, 2.75) is 6.54 Å². The minimum Gasteiger partial charge on any atom is -0.369 e. The number of halogens is 1. The molecule has 0 saturated carbocycles. The zero-order valence-corrected chi connectivity index (χ0v) is 13.5. The molecule has 8 nitrogen and oxygen atoms in total. The van der Waals surface area contributed by atoms with E-state index in [1.165, 1.54) is 12.1 Å². The van der Waals surface area contributed by atoms with Gasteiger partial charge in [-0.25, -0.2) is 14.2 Å². The molecule has 0 spiro atoms. The Morgan fingerprint density at radius 3 is 2.69 bits per heavy atom. The minimum atomic E-state index is -0.598. The van der Waals surface area contributed by atoms with Crippen molar-refractivity contribution in [2.24, 2.45) is 0 Å². The van der Waals surface area contributed by atoms with Crippen LogP contribution in [0.15, 0.2) is 53.3 Å². The molecule has 4 N–H and O–H groups in total. The second-order valence-corrected chi connectivity index (χ2v) is 5.55. The number of imidazole rings is 1. The fourth-order valence-corrected chi connectivity index (χ4v) is 2.72. The second kappa shape index (κ2) is 6.28. The summed E-state index contributed by atoms with van der Waals surface area (Å²) in [7, 11) is 0. The Labute approximate surface area is 146 Å².